The van der Waals surface area contributed by atoms with Crippen molar-refractivity contribution in [2.24, 2.45) is 17.8 Å². The molecule has 2 saturated carbocycles. The Kier molecular flexibility index (Phi) is 6.86. The van der Waals surface area contributed by atoms with Gasteiger partial charge in [-0.25, -0.2) is 14.8 Å². The maximum atomic E-state index is 11.7. The van der Waals surface area contributed by atoms with Crippen LogP contribution in [0.25, 0.3) is 22.8 Å². The highest BCUT2D eigenvalue weighted by molar-refractivity contribution is 5.87. The highest BCUT2D eigenvalue weighted by Gasteiger charge is 2.29. The molecule has 39 heavy (non-hydrogen) atoms. The number of anilines is 2. The van der Waals surface area contributed by atoms with Gasteiger partial charge in [-0.1, -0.05) is 36.5 Å². The fraction of sp³-hybridized carbons (Fsp3) is 0.630. The molecular weight excluding hydrogens is 498 g/mol. The summed E-state index contributed by atoms with van der Waals surface area (Å²) in [5.74, 6) is 3.97. The standard InChI is InChI=1S/C27H37N9O3/c1-15-8-10-18(11-9-15)13-36-21-22(28-17(3)19-6-5-7-19)29-24(25-32-27(37)39-34-25)30-23(21)31-26(36)35(4)14-20-12-16(2)33-38-20/h12,15,17-19H,5-11,13-14H2,1-4H3,(H,28,29,30)(H,32,34,37)/t15-,17-,18-/m1/s1. The van der Waals surface area contributed by atoms with Crippen molar-refractivity contribution in [3.05, 3.63) is 28.1 Å². The largest absolute Gasteiger partial charge is 0.439 e. The van der Waals surface area contributed by atoms with Crippen molar-refractivity contribution in [3.63, 3.8) is 0 Å². The molecule has 2 fully saturated rings. The highest BCUT2D eigenvalue weighted by Crippen LogP contribution is 2.36. The maximum absolute atomic E-state index is 11.7. The Labute approximate surface area is 226 Å². The van der Waals surface area contributed by atoms with Crippen molar-refractivity contribution in [3.8, 4) is 11.6 Å². The molecule has 0 saturated heterocycles. The third-order valence-corrected chi connectivity index (χ3v) is 8.44. The van der Waals surface area contributed by atoms with E-state index in [2.05, 4.69) is 43.9 Å². The van der Waals surface area contributed by atoms with Crippen molar-refractivity contribution in [2.45, 2.75) is 84.8 Å². The first-order chi connectivity index (χ1) is 18.8. The molecule has 0 radical (unpaired) electrons. The van der Waals surface area contributed by atoms with E-state index < -0.39 is 5.76 Å². The Balaban J connectivity index is 1.46. The summed E-state index contributed by atoms with van der Waals surface area (Å²) in [5.41, 5.74) is 2.26. The van der Waals surface area contributed by atoms with E-state index in [1.54, 1.807) is 0 Å². The molecule has 0 amide bonds. The molecule has 4 heterocycles. The van der Waals surface area contributed by atoms with Gasteiger partial charge >= 0.3 is 5.76 Å². The molecule has 0 unspecified atom stereocenters. The van der Waals surface area contributed by atoms with Gasteiger partial charge in [0.05, 0.1) is 12.2 Å². The highest BCUT2D eigenvalue weighted by atomic mass is 16.5. The normalized spacial score (nSPS) is 20.7. The van der Waals surface area contributed by atoms with Gasteiger partial charge < -0.3 is 19.3 Å². The van der Waals surface area contributed by atoms with Crippen LogP contribution in [-0.2, 0) is 13.1 Å². The number of fused-ring (bicyclic) bond motifs is 1. The van der Waals surface area contributed by atoms with E-state index >= 15 is 0 Å². The average molecular weight is 536 g/mol. The topological polar surface area (TPSA) is 144 Å². The first kappa shape index (κ1) is 25.6. The molecule has 0 bridgehead atoms. The Bertz CT molecular complexity index is 1490. The van der Waals surface area contributed by atoms with E-state index in [1.807, 2.05) is 20.0 Å². The number of hydrogen-bond acceptors (Lipinski definition) is 10. The van der Waals surface area contributed by atoms with Gasteiger partial charge in [-0.15, -0.1) is 0 Å². The Morgan fingerprint density at radius 3 is 2.56 bits per heavy atom. The predicted octanol–water partition coefficient (Wildman–Crippen LogP) is 4.53. The average Bonchev–Trinajstić information content (AvgIpc) is 3.58. The van der Waals surface area contributed by atoms with Crippen molar-refractivity contribution in [1.82, 2.24) is 34.8 Å². The van der Waals surface area contributed by atoms with Crippen LogP contribution in [0, 0.1) is 24.7 Å². The molecule has 4 aromatic heterocycles. The van der Waals surface area contributed by atoms with Crippen LogP contribution in [0.1, 0.15) is 70.2 Å². The molecule has 2 aliphatic carbocycles. The van der Waals surface area contributed by atoms with Crippen LogP contribution in [0.5, 0.6) is 0 Å². The number of aryl methyl sites for hydroxylation is 1. The number of H-pyrrole nitrogens is 1. The van der Waals surface area contributed by atoms with Gasteiger partial charge in [-0.3, -0.25) is 9.51 Å². The molecule has 2 aliphatic rings. The quantitative estimate of drug-likeness (QED) is 0.314. The van der Waals surface area contributed by atoms with Gasteiger partial charge in [0, 0.05) is 25.7 Å². The van der Waals surface area contributed by atoms with E-state index in [4.69, 9.17) is 24.0 Å². The molecule has 0 spiro atoms. The second kappa shape index (κ2) is 10.5. The predicted molar refractivity (Wildman–Crippen MR) is 146 cm³/mol. The zero-order valence-corrected chi connectivity index (χ0v) is 23.1. The minimum atomic E-state index is -0.647. The zero-order chi connectivity index (χ0) is 27.1. The summed E-state index contributed by atoms with van der Waals surface area (Å²) in [6.07, 6.45) is 8.52. The molecule has 2 N–H and O–H groups in total. The van der Waals surface area contributed by atoms with Crippen LogP contribution in [0.15, 0.2) is 19.9 Å². The lowest BCUT2D eigenvalue weighted by Crippen LogP contribution is -2.31. The molecule has 1 atom stereocenters. The van der Waals surface area contributed by atoms with Gasteiger partial charge in [-0.05, 0) is 57.3 Å². The van der Waals surface area contributed by atoms with Crippen LogP contribution < -0.4 is 16.0 Å². The number of hydrogen-bond donors (Lipinski definition) is 2. The summed E-state index contributed by atoms with van der Waals surface area (Å²) in [7, 11) is 2.01. The minimum absolute atomic E-state index is 0.184. The number of nitrogens with zero attached hydrogens (tertiary/aromatic N) is 7. The fourth-order valence-corrected chi connectivity index (χ4v) is 5.86. The van der Waals surface area contributed by atoms with Gasteiger partial charge in [0.15, 0.2) is 17.2 Å². The number of aromatic nitrogens is 7. The zero-order valence-electron chi connectivity index (χ0n) is 23.1. The van der Waals surface area contributed by atoms with Gasteiger partial charge in [0.2, 0.25) is 17.6 Å². The monoisotopic (exact) mass is 535 g/mol. The summed E-state index contributed by atoms with van der Waals surface area (Å²) >= 11 is 0. The van der Waals surface area contributed by atoms with Gasteiger partial charge in [0.25, 0.3) is 0 Å². The third-order valence-electron chi connectivity index (χ3n) is 8.44. The maximum Gasteiger partial charge on any atom is 0.439 e. The summed E-state index contributed by atoms with van der Waals surface area (Å²) in [6, 6.07) is 2.18. The lowest BCUT2D eigenvalue weighted by molar-refractivity contribution is 0.266. The molecular formula is C27H37N9O3. The molecule has 4 aromatic rings. The van der Waals surface area contributed by atoms with E-state index in [9.17, 15) is 4.79 Å². The van der Waals surface area contributed by atoms with E-state index in [-0.39, 0.29) is 17.7 Å². The summed E-state index contributed by atoms with van der Waals surface area (Å²) in [6.45, 7) is 7.81. The Morgan fingerprint density at radius 2 is 1.92 bits per heavy atom. The van der Waals surface area contributed by atoms with E-state index in [0.717, 1.165) is 35.4 Å². The smallest absolute Gasteiger partial charge is 0.365 e. The minimum Gasteiger partial charge on any atom is -0.365 e. The second-order valence-electron chi connectivity index (χ2n) is 11.6. The Morgan fingerprint density at radius 1 is 1.13 bits per heavy atom. The first-order valence-corrected chi connectivity index (χ1v) is 14.1. The molecule has 12 heteroatoms. The van der Waals surface area contributed by atoms with Crippen LogP contribution in [0.4, 0.5) is 11.8 Å². The van der Waals surface area contributed by atoms with Crippen molar-refractivity contribution in [1.29, 1.82) is 0 Å². The van der Waals surface area contributed by atoms with Crippen LogP contribution in [0.3, 0.4) is 0 Å². The number of rotatable bonds is 9. The summed E-state index contributed by atoms with van der Waals surface area (Å²) in [5, 5.41) is 11.6. The Hall–Kier alpha value is -3.70. The van der Waals surface area contributed by atoms with Crippen molar-refractivity contribution >= 4 is 22.9 Å². The second-order valence-corrected chi connectivity index (χ2v) is 11.6. The SMILES string of the molecule is Cc1cc(CN(C)c2nc3nc(-c4noc(=O)[nH]4)nc(N[C@H](C)C4CCC4)c3n2C[C@H]2CC[C@H](C)CC2)on1. The summed E-state index contributed by atoms with van der Waals surface area (Å²) < 4.78 is 12.5. The van der Waals surface area contributed by atoms with Crippen LogP contribution >= 0.6 is 0 Å². The van der Waals surface area contributed by atoms with Gasteiger partial charge in [-0.2, -0.15) is 4.98 Å². The van der Waals surface area contributed by atoms with Crippen molar-refractivity contribution in [2.75, 3.05) is 17.3 Å². The molecule has 208 valence electrons. The van der Waals surface area contributed by atoms with Crippen molar-refractivity contribution < 1.29 is 9.05 Å². The lowest BCUT2D eigenvalue weighted by Gasteiger charge is -2.32. The van der Waals surface area contributed by atoms with E-state index in [0.29, 0.717) is 29.8 Å². The number of imidazole rings is 1. The number of nitrogens with one attached hydrogen (secondary N) is 2. The number of aromatic amines is 1. The van der Waals surface area contributed by atoms with Gasteiger partial charge in [0.1, 0.15) is 5.52 Å². The summed E-state index contributed by atoms with van der Waals surface area (Å²) in [4.78, 5) is 31.0. The van der Waals surface area contributed by atoms with Crippen LogP contribution in [0.2, 0.25) is 0 Å². The molecule has 0 aromatic carbocycles. The molecule has 12 nitrogen and oxygen atoms in total. The van der Waals surface area contributed by atoms with E-state index in [1.165, 1.54) is 44.9 Å². The molecule has 6 rings (SSSR count). The molecule has 0 aliphatic heterocycles. The van der Waals surface area contributed by atoms with Crippen LogP contribution in [-0.4, -0.2) is 47.9 Å². The fourth-order valence-electron chi connectivity index (χ4n) is 5.86. The third kappa shape index (κ3) is 5.28. The first-order valence-electron chi connectivity index (χ1n) is 14.1. The lowest BCUT2D eigenvalue weighted by atomic mass is 9.80.